The van der Waals surface area contributed by atoms with Crippen molar-refractivity contribution in [2.75, 3.05) is 65.4 Å². The molecule has 2 fully saturated rings. The van der Waals surface area contributed by atoms with Crippen molar-refractivity contribution in [2.45, 2.75) is 87.5 Å². The van der Waals surface area contributed by atoms with Crippen LogP contribution in [0.3, 0.4) is 0 Å². The number of methoxy groups -OCH3 is 2. The molecule has 4 aromatic rings. The number of halogens is 1. The number of aliphatic hydroxyl groups is 1. The molecule has 1 saturated heterocycles. The highest BCUT2D eigenvalue weighted by molar-refractivity contribution is 5.95. The number of carbonyl (C=O) groups excluding carboxylic acids is 3. The highest BCUT2D eigenvalue weighted by Gasteiger charge is 2.78. The van der Waals surface area contributed by atoms with Gasteiger partial charge >= 0.3 is 11.9 Å². The van der Waals surface area contributed by atoms with E-state index in [9.17, 15) is 19.1 Å². The van der Waals surface area contributed by atoms with Gasteiger partial charge in [0, 0.05) is 96.5 Å². The van der Waals surface area contributed by atoms with Crippen molar-refractivity contribution < 1.29 is 38.1 Å². The molecule has 6 aliphatic rings. The van der Waals surface area contributed by atoms with Gasteiger partial charge in [-0.05, 0) is 92.1 Å². The number of hydrogen-bond donors (Lipinski definition) is 3. The van der Waals surface area contributed by atoms with E-state index in [4.69, 9.17) is 14.2 Å². The topological polar surface area (TPSA) is 137 Å². The third-order valence-electron chi connectivity index (χ3n) is 16.3. The fourth-order valence-electron chi connectivity index (χ4n) is 13.9. The Labute approximate surface area is 379 Å². The van der Waals surface area contributed by atoms with E-state index in [0.29, 0.717) is 43.7 Å². The second-order valence-electron chi connectivity index (χ2n) is 19.4. The molecule has 65 heavy (non-hydrogen) atoms. The molecule has 10 rings (SSSR count). The van der Waals surface area contributed by atoms with Gasteiger partial charge in [-0.3, -0.25) is 24.2 Å². The molecule has 1 amide bonds. The lowest BCUT2D eigenvalue weighted by atomic mass is 9.47. The Kier molecular flexibility index (Phi) is 10.6. The number of rotatable bonds is 9. The van der Waals surface area contributed by atoms with Gasteiger partial charge in [-0.2, -0.15) is 0 Å². The Hall–Kier alpha value is -5.50. The van der Waals surface area contributed by atoms with Crippen molar-refractivity contribution in [1.29, 1.82) is 0 Å². The summed E-state index contributed by atoms with van der Waals surface area (Å²) in [6.07, 6.45) is 8.75. The van der Waals surface area contributed by atoms with E-state index < -0.39 is 51.7 Å². The number of nitrogens with one attached hydrogen (secondary N) is 2. The third-order valence-corrected chi connectivity index (χ3v) is 16.3. The van der Waals surface area contributed by atoms with Gasteiger partial charge in [0.25, 0.3) is 5.91 Å². The van der Waals surface area contributed by atoms with Gasteiger partial charge in [0.05, 0.1) is 26.8 Å². The molecule has 12 nitrogen and oxygen atoms in total. The molecule has 1 aliphatic carbocycles. The molecule has 342 valence electrons. The molecule has 13 heteroatoms. The van der Waals surface area contributed by atoms with Crippen LogP contribution < -0.4 is 15.0 Å². The number of H-pyrrole nitrogens is 1. The molecule has 1 saturated carbocycles. The van der Waals surface area contributed by atoms with E-state index in [-0.39, 0.29) is 30.0 Å². The number of nitrogens with zero attached hydrogens (tertiary/aromatic N) is 3. The SMILES string of the molecule is CCC1=C[C@@H]2CN(CCc3c([nH]c4ccccc34)[C@@](C(=O)OC)(c3cc4c(cc3OC)N(C)[C@H]3[C@@](O)(CNC(=O)c5ccc(F)cc5)[C@H](OC(C)=O)[C@]5(CC)C=CCN6CC[C@]43C65)C2)C1. The van der Waals surface area contributed by atoms with E-state index in [1.54, 1.807) is 7.11 Å². The molecule has 2 unspecified atom stereocenters. The molecular formula is C52H60FN5O7. The highest BCUT2D eigenvalue weighted by Crippen LogP contribution is 2.68. The van der Waals surface area contributed by atoms with Crippen LogP contribution in [-0.2, 0) is 36.3 Å². The number of ether oxygens (including phenoxy) is 3. The molecule has 0 radical (unpaired) electrons. The maximum Gasteiger partial charge on any atom is 0.322 e. The lowest BCUT2D eigenvalue weighted by Crippen LogP contribution is -2.81. The molecule has 6 heterocycles. The average Bonchev–Trinajstić information content (AvgIpc) is 3.97. The first-order valence-corrected chi connectivity index (χ1v) is 23.2. The van der Waals surface area contributed by atoms with Gasteiger partial charge < -0.3 is 34.5 Å². The number of hydrogen-bond acceptors (Lipinski definition) is 10. The average molecular weight is 886 g/mol. The van der Waals surface area contributed by atoms with E-state index >= 15 is 4.79 Å². The molecule has 3 N–H and O–H groups in total. The van der Waals surface area contributed by atoms with Crippen LogP contribution >= 0.6 is 0 Å². The zero-order chi connectivity index (χ0) is 45.6. The van der Waals surface area contributed by atoms with Crippen LogP contribution in [0.4, 0.5) is 10.1 Å². The van der Waals surface area contributed by atoms with Crippen molar-refractivity contribution in [3.8, 4) is 5.75 Å². The van der Waals surface area contributed by atoms with Gasteiger partial charge in [0.15, 0.2) is 0 Å². The molecule has 1 spiro atoms. The minimum Gasteiger partial charge on any atom is -0.496 e. The zero-order valence-electron chi connectivity index (χ0n) is 38.2. The summed E-state index contributed by atoms with van der Waals surface area (Å²) in [6.45, 7) is 9.24. The van der Waals surface area contributed by atoms with Gasteiger partial charge in [-0.25, -0.2) is 4.39 Å². The number of likely N-dealkylation sites (N-methyl/N-ethyl adjacent to an activating group) is 1. The number of aromatic amines is 1. The number of anilines is 1. The largest absolute Gasteiger partial charge is 0.496 e. The van der Waals surface area contributed by atoms with Crippen molar-refractivity contribution in [1.82, 2.24) is 20.1 Å². The number of para-hydroxylation sites is 1. The highest BCUT2D eigenvalue weighted by atomic mass is 19.1. The van der Waals surface area contributed by atoms with Crippen molar-refractivity contribution >= 4 is 34.4 Å². The smallest absolute Gasteiger partial charge is 0.322 e. The van der Waals surface area contributed by atoms with Crippen LogP contribution in [-0.4, -0.2) is 122 Å². The maximum absolute atomic E-state index is 15.4. The predicted molar refractivity (Wildman–Crippen MR) is 246 cm³/mol. The van der Waals surface area contributed by atoms with E-state index in [1.165, 1.54) is 43.9 Å². The Morgan fingerprint density at radius 2 is 1.80 bits per heavy atom. The summed E-state index contributed by atoms with van der Waals surface area (Å²) in [7, 11) is 5.06. The third kappa shape index (κ3) is 6.20. The van der Waals surface area contributed by atoms with Crippen LogP contribution in [0, 0.1) is 17.2 Å². The van der Waals surface area contributed by atoms with Crippen molar-refractivity contribution in [2.24, 2.45) is 11.3 Å². The van der Waals surface area contributed by atoms with Gasteiger partial charge in [-0.15, -0.1) is 0 Å². The first-order chi connectivity index (χ1) is 31.3. The van der Waals surface area contributed by atoms with E-state index in [0.717, 1.165) is 65.9 Å². The van der Waals surface area contributed by atoms with Crippen LogP contribution in [0.25, 0.3) is 10.9 Å². The standard InChI is InChI=1S/C52H60FN5O7/c1-7-32-24-33-27-51(48(61)64-6,43-37(18-22-57(28-32)29-33)36-12-9-10-13-40(36)55-43)39-25-38-41(26-42(39)63-5)56(4)46-50(38)20-23-58-21-11-19-49(8-2,45(50)58)47(65-31(3)59)52(46,62)30-54-44(60)34-14-16-35(53)17-15-34/h9-17,19,24-26,33,45-47,55,62H,7-8,18,20-23,27-30H2,1-6H3,(H,54,60)/t33-,45?,46+,47+,49+,50+,51-,52-/m0/s1. The fraction of sp³-hybridized carbons (Fsp3) is 0.481. The minimum atomic E-state index is -1.87. The fourth-order valence-corrected chi connectivity index (χ4v) is 13.9. The molecule has 2 bridgehead atoms. The number of fused-ring (bicyclic) bond motifs is 6. The number of benzene rings is 3. The van der Waals surface area contributed by atoms with Crippen LogP contribution in [0.5, 0.6) is 5.75 Å². The quantitative estimate of drug-likeness (QED) is 0.132. The molecule has 9 atom stereocenters. The summed E-state index contributed by atoms with van der Waals surface area (Å²) in [6, 6.07) is 16.7. The normalized spacial score (nSPS) is 32.2. The molecular weight excluding hydrogens is 826 g/mol. The summed E-state index contributed by atoms with van der Waals surface area (Å²) in [4.78, 5) is 53.5. The number of amides is 1. The van der Waals surface area contributed by atoms with Gasteiger partial charge in [0.1, 0.15) is 28.7 Å². The predicted octanol–water partition coefficient (Wildman–Crippen LogP) is 6.19. The Morgan fingerprint density at radius 1 is 1.02 bits per heavy atom. The van der Waals surface area contributed by atoms with Gasteiger partial charge in [-0.1, -0.05) is 55.8 Å². The summed E-state index contributed by atoms with van der Waals surface area (Å²) in [5.74, 6) is -1.37. The first-order valence-electron chi connectivity index (χ1n) is 23.2. The second-order valence-corrected chi connectivity index (χ2v) is 19.4. The monoisotopic (exact) mass is 885 g/mol. The Morgan fingerprint density at radius 3 is 2.52 bits per heavy atom. The van der Waals surface area contributed by atoms with Crippen molar-refractivity contribution in [3.63, 3.8) is 0 Å². The lowest BCUT2D eigenvalue weighted by molar-refractivity contribution is -0.216. The van der Waals surface area contributed by atoms with E-state index in [1.807, 2.05) is 25.2 Å². The second kappa shape index (κ2) is 15.8. The molecule has 1 aromatic heterocycles. The molecule has 3 aromatic carbocycles. The zero-order valence-corrected chi connectivity index (χ0v) is 38.2. The Bertz CT molecular complexity index is 2640. The molecule has 5 aliphatic heterocycles. The van der Waals surface area contributed by atoms with Crippen LogP contribution in [0.1, 0.15) is 79.2 Å². The first kappa shape index (κ1) is 43.4. The van der Waals surface area contributed by atoms with E-state index in [2.05, 4.69) is 75.3 Å². The van der Waals surface area contributed by atoms with Crippen LogP contribution in [0.2, 0.25) is 0 Å². The number of aromatic nitrogens is 1. The Balaban J connectivity index is 1.23. The summed E-state index contributed by atoms with van der Waals surface area (Å²) >= 11 is 0. The van der Waals surface area contributed by atoms with Crippen LogP contribution in [0.15, 0.2) is 84.5 Å². The summed E-state index contributed by atoms with van der Waals surface area (Å²) in [5, 5.41) is 18.0. The lowest BCUT2D eigenvalue weighted by Gasteiger charge is -2.64. The van der Waals surface area contributed by atoms with Gasteiger partial charge in [0.2, 0.25) is 0 Å². The number of carbonyl (C=O) groups is 3. The minimum absolute atomic E-state index is 0.00822. The summed E-state index contributed by atoms with van der Waals surface area (Å²) in [5.41, 5.74) is 1.94. The summed E-state index contributed by atoms with van der Waals surface area (Å²) < 4.78 is 32.8. The maximum atomic E-state index is 15.4. The number of esters is 2. The van der Waals surface area contributed by atoms with Crippen molar-refractivity contribution in [3.05, 3.63) is 118 Å².